The van der Waals surface area contributed by atoms with Crippen LogP contribution in [0, 0.1) is 29.1 Å². The van der Waals surface area contributed by atoms with Gasteiger partial charge < -0.3 is 9.30 Å². The molecule has 0 aromatic carbocycles. The zero-order chi connectivity index (χ0) is 14.3. The van der Waals surface area contributed by atoms with E-state index in [0.717, 1.165) is 5.56 Å². The summed E-state index contributed by atoms with van der Waals surface area (Å²) in [5.74, 6) is 2.46. The van der Waals surface area contributed by atoms with Crippen LogP contribution in [-0.4, -0.2) is 10.5 Å². The smallest absolute Gasteiger partial charge is 0.310 e. The molecule has 1 heterocycles. The van der Waals surface area contributed by atoms with Crippen LogP contribution in [0.15, 0.2) is 18.5 Å². The summed E-state index contributed by atoms with van der Waals surface area (Å²) in [6.07, 6.45) is 9.05. The second-order valence-corrected chi connectivity index (χ2v) is 6.38. The first-order valence-corrected chi connectivity index (χ1v) is 6.55. The Labute approximate surface area is 114 Å². The molecule has 1 fully saturated rings. The van der Waals surface area contributed by atoms with Gasteiger partial charge in [-0.05, 0) is 16.9 Å². The van der Waals surface area contributed by atoms with Gasteiger partial charge in [0.25, 0.3) is 0 Å². The molecule has 0 spiro atoms. The first-order chi connectivity index (χ1) is 8.80. The minimum absolute atomic E-state index is 0.00667. The molecule has 3 heteroatoms. The molecule has 1 saturated carbocycles. The van der Waals surface area contributed by atoms with Crippen molar-refractivity contribution in [1.29, 1.82) is 0 Å². The van der Waals surface area contributed by atoms with E-state index in [1.165, 1.54) is 0 Å². The number of aromatic nitrogens is 1. The van der Waals surface area contributed by atoms with Gasteiger partial charge in [0.1, 0.15) is 6.61 Å². The lowest BCUT2D eigenvalue weighted by Crippen LogP contribution is -2.11. The fraction of sp³-hybridized carbons (Fsp3) is 0.562. The second kappa shape index (κ2) is 4.45. The second-order valence-electron chi connectivity index (χ2n) is 6.38. The molecule has 1 aliphatic carbocycles. The Morgan fingerprint density at radius 3 is 2.58 bits per heavy atom. The fourth-order valence-corrected chi connectivity index (χ4v) is 2.80. The third-order valence-electron chi connectivity index (χ3n) is 4.72. The van der Waals surface area contributed by atoms with E-state index < -0.39 is 0 Å². The minimum Gasteiger partial charge on any atom is -0.461 e. The molecule has 1 aliphatic rings. The molecule has 0 N–H and O–H groups in total. The van der Waals surface area contributed by atoms with Crippen LogP contribution in [0.25, 0.3) is 0 Å². The highest BCUT2D eigenvalue weighted by molar-refractivity contribution is 5.78. The van der Waals surface area contributed by atoms with Gasteiger partial charge in [-0.15, -0.1) is 6.42 Å². The van der Waals surface area contributed by atoms with Crippen LogP contribution in [0.5, 0.6) is 0 Å². The number of hydrogen-bond acceptors (Lipinski definition) is 2. The van der Waals surface area contributed by atoms with Crippen molar-refractivity contribution in [2.24, 2.45) is 16.7 Å². The maximum atomic E-state index is 12.1. The number of carbonyl (C=O) groups is 1. The van der Waals surface area contributed by atoms with Crippen molar-refractivity contribution in [1.82, 2.24) is 4.57 Å². The van der Waals surface area contributed by atoms with Crippen LogP contribution in [0.3, 0.4) is 0 Å². The van der Waals surface area contributed by atoms with Gasteiger partial charge in [-0.3, -0.25) is 4.79 Å². The van der Waals surface area contributed by atoms with Crippen LogP contribution in [-0.2, 0) is 22.7 Å². The molecule has 0 bridgehead atoms. The summed E-state index contributed by atoms with van der Waals surface area (Å²) in [6, 6.07) is 1.92. The van der Waals surface area contributed by atoms with Crippen LogP contribution in [0.4, 0.5) is 0 Å². The molecule has 1 aromatic rings. The molecule has 0 radical (unpaired) electrons. The number of terminal acetylenes is 1. The van der Waals surface area contributed by atoms with Crippen LogP contribution in [0.1, 0.15) is 33.3 Å². The van der Waals surface area contributed by atoms with Crippen molar-refractivity contribution in [3.63, 3.8) is 0 Å². The Kier molecular flexibility index (Phi) is 3.22. The van der Waals surface area contributed by atoms with Gasteiger partial charge in [0, 0.05) is 18.0 Å². The Bertz CT molecular complexity index is 517. The standard InChI is InChI=1S/C16H21NO2/c1-6-8-17-9-7-12(10-17)11-19-14(18)13-15(2,3)16(13,4)5/h1,7,9-10,13H,8,11H2,2-5H3. The lowest BCUT2D eigenvalue weighted by atomic mass is 10.0. The molecule has 0 atom stereocenters. The summed E-state index contributed by atoms with van der Waals surface area (Å²) in [5.41, 5.74) is 1.03. The summed E-state index contributed by atoms with van der Waals surface area (Å²) in [7, 11) is 0. The van der Waals surface area contributed by atoms with E-state index in [9.17, 15) is 4.79 Å². The number of rotatable bonds is 4. The molecular weight excluding hydrogens is 238 g/mol. The van der Waals surface area contributed by atoms with E-state index >= 15 is 0 Å². The first-order valence-electron chi connectivity index (χ1n) is 6.55. The van der Waals surface area contributed by atoms with Gasteiger partial charge >= 0.3 is 5.97 Å². The Hall–Kier alpha value is -1.69. The van der Waals surface area contributed by atoms with Gasteiger partial charge in [-0.2, -0.15) is 0 Å². The van der Waals surface area contributed by atoms with E-state index in [0.29, 0.717) is 13.2 Å². The van der Waals surface area contributed by atoms with Crippen molar-refractivity contribution >= 4 is 5.97 Å². The Balaban J connectivity index is 1.90. The van der Waals surface area contributed by atoms with Crippen molar-refractivity contribution < 1.29 is 9.53 Å². The zero-order valence-corrected chi connectivity index (χ0v) is 12.1. The molecule has 2 rings (SSSR count). The lowest BCUT2D eigenvalue weighted by molar-refractivity contribution is -0.148. The average Bonchev–Trinajstić information content (AvgIpc) is 2.67. The third kappa shape index (κ3) is 2.28. The minimum atomic E-state index is -0.0975. The summed E-state index contributed by atoms with van der Waals surface area (Å²) in [6.45, 7) is 9.31. The molecule has 1 aromatic heterocycles. The monoisotopic (exact) mass is 259 g/mol. The molecule has 19 heavy (non-hydrogen) atoms. The van der Waals surface area contributed by atoms with E-state index in [2.05, 4.69) is 33.6 Å². The van der Waals surface area contributed by atoms with Gasteiger partial charge in [0.05, 0.1) is 12.5 Å². The zero-order valence-electron chi connectivity index (χ0n) is 12.1. The SMILES string of the molecule is C#CCn1ccc(COC(=O)C2C(C)(C)C2(C)C)c1. The number of carbonyl (C=O) groups excluding carboxylic acids is 1. The average molecular weight is 259 g/mol. The third-order valence-corrected chi connectivity index (χ3v) is 4.72. The van der Waals surface area contributed by atoms with Crippen molar-refractivity contribution in [3.05, 3.63) is 24.0 Å². The summed E-state index contributed by atoms with van der Waals surface area (Å²) >= 11 is 0. The van der Waals surface area contributed by atoms with E-state index in [1.54, 1.807) is 0 Å². The van der Waals surface area contributed by atoms with Gasteiger partial charge in [0.15, 0.2) is 0 Å². The van der Waals surface area contributed by atoms with E-state index in [-0.39, 0.29) is 22.7 Å². The van der Waals surface area contributed by atoms with Crippen molar-refractivity contribution in [3.8, 4) is 12.3 Å². The quantitative estimate of drug-likeness (QED) is 0.615. The van der Waals surface area contributed by atoms with Crippen LogP contribution >= 0.6 is 0 Å². The van der Waals surface area contributed by atoms with E-state index in [4.69, 9.17) is 11.2 Å². The number of nitrogens with zero attached hydrogens (tertiary/aromatic N) is 1. The highest BCUT2D eigenvalue weighted by Gasteiger charge is 2.69. The van der Waals surface area contributed by atoms with Gasteiger partial charge in [-0.25, -0.2) is 0 Å². The Morgan fingerprint density at radius 1 is 1.42 bits per heavy atom. The van der Waals surface area contributed by atoms with Crippen molar-refractivity contribution in [2.75, 3.05) is 0 Å². The summed E-state index contributed by atoms with van der Waals surface area (Å²) in [4.78, 5) is 12.1. The maximum absolute atomic E-state index is 12.1. The predicted molar refractivity (Wildman–Crippen MR) is 74.1 cm³/mol. The highest BCUT2D eigenvalue weighted by atomic mass is 16.5. The largest absolute Gasteiger partial charge is 0.461 e. The summed E-state index contributed by atoms with van der Waals surface area (Å²) < 4.78 is 7.31. The molecular formula is C16H21NO2. The van der Waals surface area contributed by atoms with Crippen LogP contribution in [0.2, 0.25) is 0 Å². The highest BCUT2D eigenvalue weighted by Crippen LogP contribution is 2.68. The van der Waals surface area contributed by atoms with Crippen molar-refractivity contribution in [2.45, 2.75) is 40.8 Å². The Morgan fingerprint density at radius 2 is 2.05 bits per heavy atom. The molecule has 102 valence electrons. The van der Waals surface area contributed by atoms with E-state index in [1.807, 2.05) is 23.0 Å². The molecule has 3 nitrogen and oxygen atoms in total. The lowest BCUT2D eigenvalue weighted by Gasteiger charge is -2.04. The molecule has 0 amide bonds. The van der Waals surface area contributed by atoms with Gasteiger partial charge in [-0.1, -0.05) is 33.6 Å². The number of hydrogen-bond donors (Lipinski definition) is 0. The molecule has 0 aliphatic heterocycles. The van der Waals surface area contributed by atoms with Gasteiger partial charge in [0.2, 0.25) is 0 Å². The number of esters is 1. The van der Waals surface area contributed by atoms with Crippen LogP contribution < -0.4 is 0 Å². The normalized spacial score (nSPS) is 19.7. The fourth-order valence-electron chi connectivity index (χ4n) is 2.80. The first kappa shape index (κ1) is 13.7. The molecule has 0 saturated heterocycles. The molecule has 0 unspecified atom stereocenters. The predicted octanol–water partition coefficient (Wildman–Crippen LogP) is 2.85. The number of ether oxygens (including phenoxy) is 1. The topological polar surface area (TPSA) is 31.2 Å². The summed E-state index contributed by atoms with van der Waals surface area (Å²) in [5, 5.41) is 0. The maximum Gasteiger partial charge on any atom is 0.310 e.